The number of methoxy groups -OCH3 is 1. The number of cyclic esters (lactones) is 1. The molecule has 0 radical (unpaired) electrons. The number of hydrogen-bond acceptors (Lipinski definition) is 8. The summed E-state index contributed by atoms with van der Waals surface area (Å²) in [6.45, 7) is 5.39. The minimum atomic E-state index is -0.666. The lowest BCUT2D eigenvalue weighted by Crippen LogP contribution is -2.42. The zero-order valence-corrected chi connectivity index (χ0v) is 22.0. The minimum Gasteiger partial charge on any atom is -0.503 e. The van der Waals surface area contributed by atoms with Gasteiger partial charge in [0.15, 0.2) is 23.0 Å². The Morgan fingerprint density at radius 2 is 1.81 bits per heavy atom. The smallest absolute Gasteiger partial charge is 0.309 e. The fourth-order valence-electron chi connectivity index (χ4n) is 5.51. The number of carbonyl (C=O) groups excluding carboxylic acids is 3. The second-order valence-corrected chi connectivity index (χ2v) is 10.7. The highest BCUT2D eigenvalue weighted by molar-refractivity contribution is 5.99. The average molecular weight is 504 g/mol. The molecule has 3 rings (SSSR count). The predicted molar refractivity (Wildman–Crippen MR) is 134 cm³/mol. The van der Waals surface area contributed by atoms with Crippen molar-refractivity contribution in [3.05, 3.63) is 18.0 Å². The molecule has 1 aliphatic carbocycles. The molecule has 1 aromatic heterocycles. The molecule has 8 heteroatoms. The molecular formula is C28H41NO7. The van der Waals surface area contributed by atoms with Gasteiger partial charge in [-0.3, -0.25) is 14.4 Å². The molecule has 1 saturated heterocycles. The fraction of sp³-hybridized carbons (Fsp3) is 0.714. The van der Waals surface area contributed by atoms with E-state index >= 15 is 0 Å². The largest absolute Gasteiger partial charge is 0.503 e. The molecule has 2 fully saturated rings. The first kappa shape index (κ1) is 27.9. The van der Waals surface area contributed by atoms with Crippen molar-refractivity contribution in [1.29, 1.82) is 0 Å². The van der Waals surface area contributed by atoms with Crippen molar-refractivity contribution in [2.45, 2.75) is 97.2 Å². The van der Waals surface area contributed by atoms with E-state index in [1.54, 1.807) is 20.8 Å². The molecular weight excluding hydrogens is 462 g/mol. The summed E-state index contributed by atoms with van der Waals surface area (Å²) in [6, 6.07) is 1.46. The van der Waals surface area contributed by atoms with Gasteiger partial charge in [0.2, 0.25) is 0 Å². The first-order valence-corrected chi connectivity index (χ1v) is 13.4. The molecule has 8 nitrogen and oxygen atoms in total. The Morgan fingerprint density at radius 3 is 2.47 bits per heavy atom. The monoisotopic (exact) mass is 503 g/mol. The van der Waals surface area contributed by atoms with Gasteiger partial charge in [-0.25, -0.2) is 4.98 Å². The molecule has 0 aromatic carbocycles. The number of ketones is 1. The fourth-order valence-corrected chi connectivity index (χ4v) is 5.51. The number of aromatic hydroxyl groups is 1. The molecule has 0 spiro atoms. The van der Waals surface area contributed by atoms with E-state index in [9.17, 15) is 19.5 Å². The average Bonchev–Trinajstić information content (AvgIpc) is 3.36. The Balaban J connectivity index is 1.76. The molecule has 0 amide bonds. The molecule has 2 heterocycles. The SMILES string of the molecule is COc1ccnc(C(=O)C[C@H]2CCCC[C@H](CC3CCCC3)[C@@H](OC(=O)C(C)C)[C@H](C)OC2=O)c1O. The Bertz CT molecular complexity index is 909. The number of pyridine rings is 1. The van der Waals surface area contributed by atoms with Gasteiger partial charge < -0.3 is 19.3 Å². The summed E-state index contributed by atoms with van der Waals surface area (Å²) in [5.41, 5.74) is -0.118. The van der Waals surface area contributed by atoms with Gasteiger partial charge in [-0.15, -0.1) is 0 Å². The van der Waals surface area contributed by atoms with Crippen molar-refractivity contribution >= 4 is 17.7 Å². The van der Waals surface area contributed by atoms with Gasteiger partial charge in [0.25, 0.3) is 0 Å². The molecule has 2 aliphatic rings. The van der Waals surface area contributed by atoms with E-state index in [0.29, 0.717) is 12.3 Å². The van der Waals surface area contributed by atoms with Crippen LogP contribution in [0, 0.1) is 23.7 Å². The number of nitrogens with zero attached hydrogens (tertiary/aromatic N) is 1. The first-order valence-electron chi connectivity index (χ1n) is 13.4. The number of rotatable bonds is 8. The molecule has 0 unspecified atom stereocenters. The highest BCUT2D eigenvalue weighted by atomic mass is 16.6. The molecule has 1 aliphatic heterocycles. The second-order valence-electron chi connectivity index (χ2n) is 10.7. The van der Waals surface area contributed by atoms with Crippen LogP contribution in [0.15, 0.2) is 12.3 Å². The van der Waals surface area contributed by atoms with Gasteiger partial charge in [-0.05, 0) is 38.0 Å². The van der Waals surface area contributed by atoms with Crippen molar-refractivity contribution in [3.63, 3.8) is 0 Å². The van der Waals surface area contributed by atoms with E-state index in [-0.39, 0.29) is 41.4 Å². The van der Waals surface area contributed by atoms with Crippen molar-refractivity contribution in [2.24, 2.45) is 23.7 Å². The quantitative estimate of drug-likeness (QED) is 0.378. The Labute approximate surface area is 214 Å². The van der Waals surface area contributed by atoms with Crippen molar-refractivity contribution < 1.29 is 33.7 Å². The maximum Gasteiger partial charge on any atom is 0.309 e. The summed E-state index contributed by atoms with van der Waals surface area (Å²) in [5, 5.41) is 10.3. The Hall–Kier alpha value is -2.64. The van der Waals surface area contributed by atoms with Gasteiger partial charge in [0.05, 0.1) is 18.9 Å². The summed E-state index contributed by atoms with van der Waals surface area (Å²) in [4.78, 5) is 42.7. The van der Waals surface area contributed by atoms with Gasteiger partial charge in [-0.1, -0.05) is 52.4 Å². The van der Waals surface area contributed by atoms with Crippen LogP contribution in [0.4, 0.5) is 0 Å². The number of hydrogen-bond donors (Lipinski definition) is 1. The van der Waals surface area contributed by atoms with Crippen LogP contribution in [0.3, 0.4) is 0 Å². The molecule has 1 aromatic rings. The standard InChI is InChI=1S/C28H41NO7/c1-17(2)27(32)36-26-18(3)35-28(33)21(12-8-7-11-20(26)15-19-9-5-6-10-19)16-22(30)24-25(31)23(34-4)13-14-29-24/h13-14,17-21,26,31H,5-12,15-16H2,1-4H3/t18-,20+,21+,26-/m0/s1. The zero-order chi connectivity index (χ0) is 26.2. The van der Waals surface area contributed by atoms with Gasteiger partial charge in [-0.2, -0.15) is 0 Å². The Kier molecular flexibility index (Phi) is 10.1. The third kappa shape index (κ3) is 7.20. The molecule has 0 bridgehead atoms. The summed E-state index contributed by atoms with van der Waals surface area (Å²) in [5.74, 6) is -1.58. The summed E-state index contributed by atoms with van der Waals surface area (Å²) >= 11 is 0. The topological polar surface area (TPSA) is 112 Å². The van der Waals surface area contributed by atoms with Crippen LogP contribution in [0.5, 0.6) is 11.5 Å². The maximum absolute atomic E-state index is 13.2. The Morgan fingerprint density at radius 1 is 1.14 bits per heavy atom. The van der Waals surface area contributed by atoms with Crippen LogP contribution in [-0.2, 0) is 19.1 Å². The molecule has 1 N–H and O–H groups in total. The van der Waals surface area contributed by atoms with Crippen molar-refractivity contribution in [1.82, 2.24) is 4.98 Å². The lowest BCUT2D eigenvalue weighted by molar-refractivity contribution is -0.177. The van der Waals surface area contributed by atoms with E-state index in [0.717, 1.165) is 25.7 Å². The number of Topliss-reactive ketones (excluding diaryl/α,β-unsaturated/α-hetero) is 1. The molecule has 36 heavy (non-hydrogen) atoms. The van der Waals surface area contributed by atoms with Crippen LogP contribution in [0.2, 0.25) is 0 Å². The number of esters is 2. The number of ether oxygens (including phenoxy) is 3. The minimum absolute atomic E-state index is 0.118. The van der Waals surface area contributed by atoms with Crippen LogP contribution < -0.4 is 4.74 Å². The third-order valence-electron chi connectivity index (χ3n) is 7.58. The van der Waals surface area contributed by atoms with Gasteiger partial charge in [0, 0.05) is 18.7 Å². The van der Waals surface area contributed by atoms with E-state index in [2.05, 4.69) is 4.98 Å². The highest BCUT2D eigenvalue weighted by Crippen LogP contribution is 2.37. The highest BCUT2D eigenvalue weighted by Gasteiger charge is 2.37. The van der Waals surface area contributed by atoms with Gasteiger partial charge >= 0.3 is 11.9 Å². The second kappa shape index (κ2) is 13.1. The summed E-state index contributed by atoms with van der Waals surface area (Å²) < 4.78 is 16.9. The van der Waals surface area contributed by atoms with E-state index < -0.39 is 29.9 Å². The predicted octanol–water partition coefficient (Wildman–Crippen LogP) is 5.25. The van der Waals surface area contributed by atoms with Crippen LogP contribution >= 0.6 is 0 Å². The van der Waals surface area contributed by atoms with Crippen molar-refractivity contribution in [2.75, 3.05) is 7.11 Å². The van der Waals surface area contributed by atoms with Crippen molar-refractivity contribution in [3.8, 4) is 11.5 Å². The number of aromatic nitrogens is 1. The maximum atomic E-state index is 13.2. The van der Waals surface area contributed by atoms with E-state index in [1.807, 2.05) is 0 Å². The third-order valence-corrected chi connectivity index (χ3v) is 7.58. The van der Waals surface area contributed by atoms with Crippen LogP contribution in [0.1, 0.15) is 95.5 Å². The number of carbonyl (C=O) groups is 3. The molecule has 200 valence electrons. The summed E-state index contributed by atoms with van der Waals surface area (Å²) in [6.07, 6.45) is 9.01. The molecule has 4 atom stereocenters. The van der Waals surface area contributed by atoms with Crippen LogP contribution in [-0.4, -0.2) is 47.1 Å². The van der Waals surface area contributed by atoms with Gasteiger partial charge in [0.1, 0.15) is 12.2 Å². The zero-order valence-electron chi connectivity index (χ0n) is 22.0. The lowest BCUT2D eigenvalue weighted by Gasteiger charge is -2.35. The lowest BCUT2D eigenvalue weighted by atomic mass is 9.82. The summed E-state index contributed by atoms with van der Waals surface area (Å²) in [7, 11) is 1.39. The molecule has 1 saturated carbocycles. The first-order chi connectivity index (χ1) is 17.2. The van der Waals surface area contributed by atoms with E-state index in [4.69, 9.17) is 14.2 Å². The van der Waals surface area contributed by atoms with E-state index in [1.165, 1.54) is 45.1 Å². The normalized spacial score (nSPS) is 25.9. The van der Waals surface area contributed by atoms with Crippen LogP contribution in [0.25, 0.3) is 0 Å².